The molecule has 1 aromatic carbocycles. The summed E-state index contributed by atoms with van der Waals surface area (Å²) < 4.78 is 27.5. The van der Waals surface area contributed by atoms with Crippen LogP contribution in [0.4, 0.5) is 16.2 Å². The molecule has 20 heavy (non-hydrogen) atoms. The molecule has 0 bridgehead atoms. The first kappa shape index (κ1) is 13.1. The Bertz CT molecular complexity index is 746. The van der Waals surface area contributed by atoms with Crippen LogP contribution in [0.3, 0.4) is 0 Å². The fourth-order valence-corrected chi connectivity index (χ4v) is 3.30. The molecule has 10 heteroatoms. The number of anilines is 1. The molecule has 2 heterocycles. The van der Waals surface area contributed by atoms with Crippen molar-refractivity contribution in [3.63, 3.8) is 0 Å². The molecule has 8 nitrogen and oxygen atoms in total. The van der Waals surface area contributed by atoms with Crippen molar-refractivity contribution in [2.24, 2.45) is 0 Å². The molecule has 1 amide bonds. The molecule has 1 atom stereocenters. The minimum Gasteiger partial charge on any atom is -0.447 e. The molecule has 0 unspecified atom stereocenters. The van der Waals surface area contributed by atoms with Gasteiger partial charge in [0.1, 0.15) is 12.3 Å². The van der Waals surface area contributed by atoms with Gasteiger partial charge >= 0.3 is 6.09 Å². The zero-order valence-electron chi connectivity index (χ0n) is 9.78. The first-order valence-corrected chi connectivity index (χ1v) is 7.82. The van der Waals surface area contributed by atoms with Crippen LogP contribution in [0.15, 0.2) is 17.0 Å². The van der Waals surface area contributed by atoms with Gasteiger partial charge in [-0.15, -0.1) is 0 Å². The normalized spacial score (nSPS) is 20.6. The Kier molecular flexibility index (Phi) is 2.67. The van der Waals surface area contributed by atoms with E-state index in [0.29, 0.717) is 12.0 Å². The maximum atomic E-state index is 11.6. The van der Waals surface area contributed by atoms with E-state index in [0.717, 1.165) is 6.07 Å². The topological polar surface area (TPSA) is 107 Å². The lowest BCUT2D eigenvalue weighted by molar-refractivity contribution is -0.384. The standard InChI is InChI=1S/C10H7ClN2O6S/c11-20(17,18)7-2-5-1-6-4-19-10(14)12(6)9(5)8(3-7)13(15)16/h2-3,6H,1,4H2/t6-/m0/s1. The third-order valence-corrected chi connectivity index (χ3v) is 4.61. The number of hydrogen-bond donors (Lipinski definition) is 0. The highest BCUT2D eigenvalue weighted by Gasteiger charge is 2.45. The number of ether oxygens (including phenoxy) is 1. The number of halogens is 1. The van der Waals surface area contributed by atoms with Crippen LogP contribution in [0.1, 0.15) is 5.56 Å². The highest BCUT2D eigenvalue weighted by atomic mass is 35.7. The molecular formula is C10H7ClN2O6S. The lowest BCUT2D eigenvalue weighted by atomic mass is 10.1. The van der Waals surface area contributed by atoms with E-state index in [1.807, 2.05) is 0 Å². The van der Waals surface area contributed by atoms with Gasteiger partial charge in [0, 0.05) is 16.7 Å². The molecule has 0 aliphatic carbocycles. The van der Waals surface area contributed by atoms with E-state index in [2.05, 4.69) is 0 Å². The summed E-state index contributed by atoms with van der Waals surface area (Å²) in [5, 5.41) is 11.1. The van der Waals surface area contributed by atoms with Gasteiger partial charge in [-0.05, 0) is 18.1 Å². The number of hydrogen-bond acceptors (Lipinski definition) is 6. The summed E-state index contributed by atoms with van der Waals surface area (Å²) in [6.07, 6.45) is -0.374. The monoisotopic (exact) mass is 318 g/mol. The average molecular weight is 319 g/mol. The molecule has 106 valence electrons. The zero-order valence-corrected chi connectivity index (χ0v) is 11.3. The van der Waals surface area contributed by atoms with Crippen LogP contribution < -0.4 is 4.90 Å². The molecule has 0 saturated carbocycles. The molecule has 1 fully saturated rings. The van der Waals surface area contributed by atoms with Gasteiger partial charge in [0.2, 0.25) is 0 Å². The van der Waals surface area contributed by atoms with E-state index >= 15 is 0 Å². The average Bonchev–Trinajstić information content (AvgIpc) is 2.86. The highest BCUT2D eigenvalue weighted by molar-refractivity contribution is 8.13. The molecule has 0 aromatic heterocycles. The van der Waals surface area contributed by atoms with Crippen molar-refractivity contribution in [2.45, 2.75) is 17.4 Å². The summed E-state index contributed by atoms with van der Waals surface area (Å²) in [5.41, 5.74) is 0.0229. The molecule has 0 radical (unpaired) electrons. The van der Waals surface area contributed by atoms with Crippen LogP contribution in [0.2, 0.25) is 0 Å². The first-order valence-electron chi connectivity index (χ1n) is 5.51. The lowest BCUT2D eigenvalue weighted by Crippen LogP contribution is -2.29. The molecule has 2 aliphatic heterocycles. The predicted octanol–water partition coefficient (Wildman–Crippen LogP) is 1.40. The fraction of sp³-hybridized carbons (Fsp3) is 0.300. The van der Waals surface area contributed by atoms with Gasteiger partial charge in [-0.3, -0.25) is 15.0 Å². The van der Waals surface area contributed by atoms with Crippen molar-refractivity contribution >= 4 is 37.2 Å². The molecular weight excluding hydrogens is 312 g/mol. The van der Waals surface area contributed by atoms with Gasteiger partial charge in [-0.1, -0.05) is 0 Å². The van der Waals surface area contributed by atoms with Crippen LogP contribution in [-0.4, -0.2) is 32.1 Å². The minimum atomic E-state index is -4.08. The van der Waals surface area contributed by atoms with E-state index < -0.39 is 25.8 Å². The predicted molar refractivity (Wildman–Crippen MR) is 67.5 cm³/mol. The lowest BCUT2D eigenvalue weighted by Gasteiger charge is -2.12. The van der Waals surface area contributed by atoms with Crippen LogP contribution >= 0.6 is 10.7 Å². The summed E-state index contributed by atoms with van der Waals surface area (Å²) in [4.78, 5) is 22.8. The van der Waals surface area contributed by atoms with Crippen LogP contribution in [0.5, 0.6) is 0 Å². The number of nitrogens with zero attached hydrogens (tertiary/aromatic N) is 2. The van der Waals surface area contributed by atoms with Crippen molar-refractivity contribution in [3.05, 3.63) is 27.8 Å². The van der Waals surface area contributed by atoms with Gasteiger partial charge in [0.15, 0.2) is 0 Å². The summed E-state index contributed by atoms with van der Waals surface area (Å²) in [7, 11) is 1.15. The smallest absolute Gasteiger partial charge is 0.414 e. The van der Waals surface area contributed by atoms with Crippen LogP contribution in [0.25, 0.3) is 0 Å². The molecule has 1 saturated heterocycles. The van der Waals surface area contributed by atoms with Crippen molar-refractivity contribution in [3.8, 4) is 0 Å². The van der Waals surface area contributed by atoms with E-state index in [4.69, 9.17) is 15.4 Å². The van der Waals surface area contributed by atoms with E-state index in [-0.39, 0.29) is 23.2 Å². The fourth-order valence-electron chi connectivity index (χ4n) is 2.50. The number of nitro groups is 1. The summed E-state index contributed by atoms with van der Waals surface area (Å²) in [6.45, 7) is 0.119. The molecule has 0 spiro atoms. The van der Waals surface area contributed by atoms with Gasteiger partial charge in [-0.2, -0.15) is 0 Å². The van der Waals surface area contributed by atoms with E-state index in [1.54, 1.807) is 0 Å². The second kappa shape index (κ2) is 4.06. The number of nitro benzene ring substituents is 1. The zero-order chi connectivity index (χ0) is 14.7. The number of rotatable bonds is 2. The van der Waals surface area contributed by atoms with Gasteiger partial charge in [-0.25, -0.2) is 13.2 Å². The second-order valence-corrected chi connectivity index (χ2v) is 7.02. The Morgan fingerprint density at radius 1 is 1.45 bits per heavy atom. The van der Waals surface area contributed by atoms with E-state index in [1.165, 1.54) is 11.0 Å². The number of amides is 1. The highest BCUT2D eigenvalue weighted by Crippen LogP contribution is 2.44. The number of cyclic esters (lactones) is 1. The molecule has 2 aliphatic rings. The van der Waals surface area contributed by atoms with Crippen molar-refractivity contribution in [1.82, 2.24) is 0 Å². The number of carbonyl (C=O) groups is 1. The number of fused-ring (bicyclic) bond motifs is 3. The quantitative estimate of drug-likeness (QED) is 0.463. The maximum Gasteiger partial charge on any atom is 0.414 e. The van der Waals surface area contributed by atoms with E-state index in [9.17, 15) is 23.3 Å². The Labute approximate surface area is 117 Å². The van der Waals surface area contributed by atoms with Crippen molar-refractivity contribution < 1.29 is 22.9 Å². The van der Waals surface area contributed by atoms with Gasteiger partial charge in [0.05, 0.1) is 15.9 Å². The van der Waals surface area contributed by atoms with Crippen LogP contribution in [0, 0.1) is 10.1 Å². The molecule has 3 rings (SSSR count). The first-order chi connectivity index (χ1) is 9.29. The van der Waals surface area contributed by atoms with Crippen LogP contribution in [-0.2, 0) is 20.2 Å². The van der Waals surface area contributed by atoms with Gasteiger partial charge < -0.3 is 4.74 Å². The minimum absolute atomic E-state index is 0.0894. The Balaban J connectivity index is 2.26. The SMILES string of the molecule is O=C1OC[C@@H]2Cc3cc(S(=O)(=O)Cl)cc([N+](=O)[O-])c3N12. The molecule has 0 N–H and O–H groups in total. The Hall–Kier alpha value is -1.87. The Morgan fingerprint density at radius 2 is 2.15 bits per heavy atom. The maximum absolute atomic E-state index is 11.6. The summed E-state index contributed by atoms with van der Waals surface area (Å²) in [5.74, 6) is 0. The Morgan fingerprint density at radius 3 is 2.75 bits per heavy atom. The third-order valence-electron chi connectivity index (χ3n) is 3.28. The number of carbonyl (C=O) groups excluding carboxylic acids is 1. The summed E-state index contributed by atoms with van der Waals surface area (Å²) in [6, 6.07) is 1.77. The molecule has 1 aromatic rings. The van der Waals surface area contributed by atoms with Crippen molar-refractivity contribution in [1.29, 1.82) is 0 Å². The largest absolute Gasteiger partial charge is 0.447 e. The van der Waals surface area contributed by atoms with Gasteiger partial charge in [0.25, 0.3) is 14.7 Å². The number of benzene rings is 1. The third kappa shape index (κ3) is 1.81. The second-order valence-electron chi connectivity index (χ2n) is 4.45. The summed E-state index contributed by atoms with van der Waals surface area (Å²) >= 11 is 0. The van der Waals surface area contributed by atoms with Crippen molar-refractivity contribution in [2.75, 3.05) is 11.5 Å².